The number of benzene rings is 1. The molecule has 1 fully saturated rings. The van der Waals surface area contributed by atoms with Crippen LogP contribution in [0.3, 0.4) is 0 Å². The number of nitrogens with zero attached hydrogens (tertiary/aromatic N) is 2. The first-order chi connectivity index (χ1) is 12.5. The molecule has 2 heterocycles. The van der Waals surface area contributed by atoms with Crippen LogP contribution in [-0.4, -0.2) is 39.9 Å². The van der Waals surface area contributed by atoms with E-state index in [1.807, 2.05) is 31.2 Å². The molecular formula is C19H26N4O2S. The number of hydrogen-bond acceptors (Lipinski definition) is 4. The summed E-state index contributed by atoms with van der Waals surface area (Å²) < 4.78 is 7.96. The van der Waals surface area contributed by atoms with Crippen molar-refractivity contribution in [1.29, 1.82) is 0 Å². The minimum Gasteiger partial charge on any atom is -0.378 e. The normalized spacial score (nSPS) is 19.8. The van der Waals surface area contributed by atoms with Gasteiger partial charge in [-0.15, -0.1) is 0 Å². The van der Waals surface area contributed by atoms with Crippen LogP contribution in [0.15, 0.2) is 24.3 Å². The number of amides is 1. The second-order valence-corrected chi connectivity index (χ2v) is 7.62. The third kappa shape index (κ3) is 4.22. The third-order valence-corrected chi connectivity index (χ3v) is 5.16. The number of carbonyl (C=O) groups excluding carboxylic acids is 1. The van der Waals surface area contributed by atoms with Crippen LogP contribution in [0.5, 0.6) is 0 Å². The van der Waals surface area contributed by atoms with Gasteiger partial charge in [-0.25, -0.2) is 0 Å². The first kappa shape index (κ1) is 18.8. The molecule has 7 heteroatoms. The average Bonchev–Trinajstić information content (AvgIpc) is 3.22. The van der Waals surface area contributed by atoms with Gasteiger partial charge in [0, 0.05) is 24.6 Å². The maximum atomic E-state index is 12.5. The predicted octanol–water partition coefficient (Wildman–Crippen LogP) is 3.09. The van der Waals surface area contributed by atoms with Crippen LogP contribution >= 0.6 is 12.2 Å². The zero-order valence-corrected chi connectivity index (χ0v) is 16.3. The van der Waals surface area contributed by atoms with Crippen molar-refractivity contribution in [1.82, 2.24) is 20.1 Å². The van der Waals surface area contributed by atoms with Gasteiger partial charge in [0.1, 0.15) is 6.54 Å². The van der Waals surface area contributed by atoms with E-state index in [-0.39, 0.29) is 18.6 Å². The van der Waals surface area contributed by atoms with Crippen molar-refractivity contribution in [2.24, 2.45) is 11.8 Å². The van der Waals surface area contributed by atoms with Crippen LogP contribution in [0, 0.1) is 23.5 Å². The van der Waals surface area contributed by atoms with Crippen LogP contribution in [0.4, 0.5) is 0 Å². The molecule has 2 aromatic rings. The van der Waals surface area contributed by atoms with Crippen LogP contribution < -0.4 is 5.32 Å². The van der Waals surface area contributed by atoms with Gasteiger partial charge < -0.3 is 10.1 Å². The zero-order chi connectivity index (χ0) is 18.7. The van der Waals surface area contributed by atoms with E-state index in [4.69, 9.17) is 17.0 Å². The lowest BCUT2D eigenvalue weighted by atomic mass is 9.93. The molecule has 1 aromatic heterocycles. The van der Waals surface area contributed by atoms with Gasteiger partial charge in [0.15, 0.2) is 10.6 Å². The fourth-order valence-electron chi connectivity index (χ4n) is 3.44. The maximum Gasteiger partial charge on any atom is 0.240 e. The largest absolute Gasteiger partial charge is 0.378 e. The van der Waals surface area contributed by atoms with E-state index in [1.165, 1.54) is 5.56 Å². The van der Waals surface area contributed by atoms with Crippen molar-refractivity contribution in [3.05, 3.63) is 34.6 Å². The highest BCUT2D eigenvalue weighted by atomic mass is 32.1. The van der Waals surface area contributed by atoms with E-state index in [2.05, 4.69) is 29.4 Å². The summed E-state index contributed by atoms with van der Waals surface area (Å²) in [5.74, 6) is 1.43. The Morgan fingerprint density at radius 1 is 1.42 bits per heavy atom. The number of carbonyl (C=O) groups is 1. The Kier molecular flexibility index (Phi) is 5.88. The minimum atomic E-state index is -0.0646. The molecule has 2 N–H and O–H groups in total. The third-order valence-electron chi connectivity index (χ3n) is 4.85. The Hall–Kier alpha value is -1.99. The van der Waals surface area contributed by atoms with Crippen molar-refractivity contribution in [2.45, 2.75) is 39.8 Å². The van der Waals surface area contributed by atoms with Crippen molar-refractivity contribution in [2.75, 3.05) is 13.2 Å². The average molecular weight is 375 g/mol. The number of rotatable bonds is 6. The zero-order valence-electron chi connectivity index (χ0n) is 15.5. The predicted molar refractivity (Wildman–Crippen MR) is 103 cm³/mol. The molecular weight excluding hydrogens is 348 g/mol. The van der Waals surface area contributed by atoms with Gasteiger partial charge in [0.05, 0.1) is 6.10 Å². The molecule has 1 aromatic carbocycles. The van der Waals surface area contributed by atoms with Crippen LogP contribution in [0.1, 0.15) is 25.8 Å². The summed E-state index contributed by atoms with van der Waals surface area (Å²) in [5, 5.41) is 10.1. The number of aromatic amines is 1. The van der Waals surface area contributed by atoms with E-state index >= 15 is 0 Å². The molecule has 1 saturated heterocycles. The summed E-state index contributed by atoms with van der Waals surface area (Å²) >= 11 is 5.31. The van der Waals surface area contributed by atoms with Crippen molar-refractivity contribution < 1.29 is 9.53 Å². The lowest BCUT2D eigenvalue weighted by Gasteiger charge is -2.22. The van der Waals surface area contributed by atoms with Gasteiger partial charge in [0.2, 0.25) is 5.91 Å². The van der Waals surface area contributed by atoms with Gasteiger partial charge in [-0.1, -0.05) is 43.7 Å². The second-order valence-electron chi connectivity index (χ2n) is 7.24. The number of aryl methyl sites for hydroxylation is 1. The lowest BCUT2D eigenvalue weighted by Crippen LogP contribution is -2.36. The Morgan fingerprint density at radius 3 is 2.85 bits per heavy atom. The molecule has 3 rings (SSSR count). The first-order valence-corrected chi connectivity index (χ1v) is 9.47. The number of H-pyrrole nitrogens is 1. The molecule has 26 heavy (non-hydrogen) atoms. The van der Waals surface area contributed by atoms with Crippen molar-refractivity contribution >= 4 is 18.1 Å². The topological polar surface area (TPSA) is 71.9 Å². The summed E-state index contributed by atoms with van der Waals surface area (Å²) in [4.78, 5) is 12.5. The fraction of sp³-hybridized carbons (Fsp3) is 0.526. The van der Waals surface area contributed by atoms with Gasteiger partial charge >= 0.3 is 0 Å². The van der Waals surface area contributed by atoms with Crippen LogP contribution in [0.25, 0.3) is 11.4 Å². The Labute approximate surface area is 159 Å². The molecule has 0 aliphatic carbocycles. The van der Waals surface area contributed by atoms with Gasteiger partial charge in [-0.05, 0) is 31.5 Å². The van der Waals surface area contributed by atoms with Gasteiger partial charge in [-0.3, -0.25) is 14.5 Å². The summed E-state index contributed by atoms with van der Waals surface area (Å²) in [6.45, 7) is 7.90. The molecule has 0 saturated carbocycles. The highest BCUT2D eigenvalue weighted by molar-refractivity contribution is 7.71. The highest BCUT2D eigenvalue weighted by Gasteiger charge is 2.30. The summed E-state index contributed by atoms with van der Waals surface area (Å²) in [5.41, 5.74) is 2.10. The molecule has 0 spiro atoms. The lowest BCUT2D eigenvalue weighted by molar-refractivity contribution is -0.122. The molecule has 1 aliphatic heterocycles. The molecule has 2 atom stereocenters. The number of ether oxygens (including phenoxy) is 1. The highest BCUT2D eigenvalue weighted by Crippen LogP contribution is 2.26. The molecule has 140 valence electrons. The summed E-state index contributed by atoms with van der Waals surface area (Å²) in [7, 11) is 0. The molecule has 6 nitrogen and oxygen atoms in total. The number of hydrogen-bond donors (Lipinski definition) is 2. The molecule has 0 bridgehead atoms. The van der Waals surface area contributed by atoms with E-state index in [0.717, 1.165) is 18.6 Å². The van der Waals surface area contributed by atoms with Crippen molar-refractivity contribution in [3.63, 3.8) is 0 Å². The SMILES string of the molecule is Cc1ccc(-c2n[nH]c(=S)n2CC(=O)NC[C@@H]2CCO[C@@H]2C(C)C)cc1. The minimum absolute atomic E-state index is 0.0646. The molecule has 1 aliphatic rings. The van der Waals surface area contributed by atoms with Crippen LogP contribution in [-0.2, 0) is 16.1 Å². The standard InChI is InChI=1S/C19H26N4O2S/c1-12(2)17-15(8-9-25-17)10-20-16(24)11-23-18(21-22-19(23)26)14-6-4-13(3)5-7-14/h4-7,12,15,17H,8-11H2,1-3H3,(H,20,24)(H,22,26)/t15-,17+/m0/s1. The van der Waals surface area contributed by atoms with Crippen molar-refractivity contribution in [3.8, 4) is 11.4 Å². The monoisotopic (exact) mass is 374 g/mol. The molecule has 0 unspecified atom stereocenters. The van der Waals surface area contributed by atoms with Gasteiger partial charge in [-0.2, -0.15) is 5.10 Å². The van der Waals surface area contributed by atoms with E-state index in [0.29, 0.717) is 29.0 Å². The van der Waals surface area contributed by atoms with Crippen LogP contribution in [0.2, 0.25) is 0 Å². The quantitative estimate of drug-likeness (QED) is 0.762. The Bertz CT molecular complexity index is 810. The second kappa shape index (κ2) is 8.14. The summed E-state index contributed by atoms with van der Waals surface area (Å²) in [6, 6.07) is 8.00. The number of aromatic nitrogens is 3. The Balaban J connectivity index is 1.65. The molecule has 0 radical (unpaired) electrons. The van der Waals surface area contributed by atoms with E-state index in [1.54, 1.807) is 4.57 Å². The summed E-state index contributed by atoms with van der Waals surface area (Å²) in [6.07, 6.45) is 1.21. The molecule has 1 amide bonds. The van der Waals surface area contributed by atoms with E-state index in [9.17, 15) is 4.79 Å². The Morgan fingerprint density at radius 2 is 2.15 bits per heavy atom. The fourth-order valence-corrected chi connectivity index (χ4v) is 3.64. The number of nitrogens with one attached hydrogen (secondary N) is 2. The van der Waals surface area contributed by atoms with E-state index < -0.39 is 0 Å². The maximum absolute atomic E-state index is 12.5. The first-order valence-electron chi connectivity index (χ1n) is 9.06. The van der Waals surface area contributed by atoms with Gasteiger partial charge in [0.25, 0.3) is 0 Å². The smallest absolute Gasteiger partial charge is 0.240 e.